The fourth-order valence-electron chi connectivity index (χ4n) is 3.86. The quantitative estimate of drug-likeness (QED) is 0.793. The van der Waals surface area contributed by atoms with Gasteiger partial charge in [0.25, 0.3) is 5.91 Å². The molecule has 2 aromatic carbocycles. The molecule has 1 aliphatic heterocycles. The number of nitrogens with zero attached hydrogens (tertiary/aromatic N) is 2. The third-order valence-corrected chi connectivity index (χ3v) is 7.81. The van der Waals surface area contributed by atoms with E-state index in [1.54, 1.807) is 19.1 Å². The molecule has 0 saturated carbocycles. The lowest BCUT2D eigenvalue weighted by molar-refractivity contribution is 0.0939. The molecule has 1 heterocycles. The average molecular weight is 430 g/mol. The first-order valence-corrected chi connectivity index (χ1v) is 11.7. The summed E-state index contributed by atoms with van der Waals surface area (Å²) in [6.07, 6.45) is 0. The lowest BCUT2D eigenvalue weighted by atomic mass is 10.00. The van der Waals surface area contributed by atoms with Crippen LogP contribution in [-0.2, 0) is 10.0 Å². The number of carbonyl (C=O) groups is 1. The number of sulfonamides is 1. The van der Waals surface area contributed by atoms with Gasteiger partial charge in [-0.3, -0.25) is 4.79 Å². The molecule has 1 unspecified atom stereocenters. The Morgan fingerprint density at radius 3 is 2.27 bits per heavy atom. The topological polar surface area (TPSA) is 69.7 Å². The normalized spacial score (nSPS) is 17.0. The van der Waals surface area contributed by atoms with Gasteiger partial charge in [-0.2, -0.15) is 4.31 Å². The van der Waals surface area contributed by atoms with Crippen molar-refractivity contribution in [1.82, 2.24) is 14.5 Å². The molecule has 1 fully saturated rings. The number of benzene rings is 2. The van der Waals surface area contributed by atoms with Gasteiger partial charge >= 0.3 is 0 Å². The highest BCUT2D eigenvalue weighted by Gasteiger charge is 2.29. The van der Waals surface area contributed by atoms with Crippen molar-refractivity contribution >= 4 is 15.9 Å². The van der Waals surface area contributed by atoms with Gasteiger partial charge in [0.15, 0.2) is 0 Å². The van der Waals surface area contributed by atoms with Crippen LogP contribution in [0, 0.1) is 20.8 Å². The molecular weight excluding hydrogens is 398 g/mol. The molecule has 1 saturated heterocycles. The second-order valence-electron chi connectivity index (χ2n) is 8.24. The number of carbonyl (C=O) groups excluding carboxylic acids is 1. The molecular formula is C23H31N3O3S. The molecule has 1 amide bonds. The molecule has 3 rings (SSSR count). The van der Waals surface area contributed by atoms with Gasteiger partial charge in [0.05, 0.1) is 10.9 Å². The highest BCUT2D eigenvalue weighted by molar-refractivity contribution is 7.89. The minimum Gasteiger partial charge on any atom is -0.346 e. The maximum absolute atomic E-state index is 13.2. The highest BCUT2D eigenvalue weighted by Crippen LogP contribution is 2.24. The zero-order chi connectivity index (χ0) is 22.1. The Morgan fingerprint density at radius 1 is 0.967 bits per heavy atom. The Bertz CT molecular complexity index is 1040. The molecule has 0 aromatic heterocycles. The Morgan fingerprint density at radius 2 is 1.63 bits per heavy atom. The van der Waals surface area contributed by atoms with Gasteiger partial charge in [0, 0.05) is 31.7 Å². The van der Waals surface area contributed by atoms with Crippen LogP contribution in [-0.4, -0.2) is 56.8 Å². The van der Waals surface area contributed by atoms with Gasteiger partial charge in [-0.1, -0.05) is 29.8 Å². The molecule has 7 heteroatoms. The molecule has 0 aliphatic carbocycles. The minimum absolute atomic E-state index is 0.183. The summed E-state index contributed by atoms with van der Waals surface area (Å²) in [4.78, 5) is 15.2. The fourth-order valence-corrected chi connectivity index (χ4v) is 5.53. The van der Waals surface area contributed by atoms with Crippen LogP contribution in [0.25, 0.3) is 0 Å². The van der Waals surface area contributed by atoms with E-state index in [0.29, 0.717) is 37.3 Å². The predicted molar refractivity (Wildman–Crippen MR) is 119 cm³/mol. The lowest BCUT2D eigenvalue weighted by Crippen LogP contribution is -2.47. The predicted octanol–water partition coefficient (Wildman–Crippen LogP) is 3.04. The molecule has 1 aliphatic rings. The number of nitrogens with one attached hydrogen (secondary N) is 1. The Kier molecular flexibility index (Phi) is 6.65. The second kappa shape index (κ2) is 8.88. The van der Waals surface area contributed by atoms with Crippen LogP contribution in [0.15, 0.2) is 41.3 Å². The summed E-state index contributed by atoms with van der Waals surface area (Å²) in [6.45, 7) is 10.1. The number of piperazine rings is 1. The Labute approximate surface area is 179 Å². The van der Waals surface area contributed by atoms with Crippen molar-refractivity contribution in [3.63, 3.8) is 0 Å². The SMILES string of the molecule is Cc1ccc(C(C)NC(=O)c2ccc(C)c(S(=O)(=O)N3CCN(C)CC3)c2)c(C)c1. The zero-order valence-electron chi connectivity index (χ0n) is 18.4. The number of rotatable bonds is 5. The van der Waals surface area contributed by atoms with Crippen molar-refractivity contribution in [2.45, 2.75) is 38.6 Å². The highest BCUT2D eigenvalue weighted by atomic mass is 32.2. The number of hydrogen-bond acceptors (Lipinski definition) is 4. The lowest BCUT2D eigenvalue weighted by Gasteiger charge is -2.32. The molecule has 162 valence electrons. The van der Waals surface area contributed by atoms with Crippen molar-refractivity contribution < 1.29 is 13.2 Å². The summed E-state index contributed by atoms with van der Waals surface area (Å²) in [6, 6.07) is 10.8. The maximum atomic E-state index is 13.2. The molecule has 30 heavy (non-hydrogen) atoms. The molecule has 6 nitrogen and oxygen atoms in total. The van der Waals surface area contributed by atoms with Gasteiger partial charge in [-0.05, 0) is 63.6 Å². The minimum atomic E-state index is -3.64. The van der Waals surface area contributed by atoms with Gasteiger partial charge in [-0.15, -0.1) is 0 Å². The van der Waals surface area contributed by atoms with E-state index in [1.807, 2.05) is 40.0 Å². The maximum Gasteiger partial charge on any atom is 0.251 e. The van der Waals surface area contributed by atoms with Crippen LogP contribution in [0.3, 0.4) is 0 Å². The molecule has 1 N–H and O–H groups in total. The molecule has 0 radical (unpaired) electrons. The fraction of sp³-hybridized carbons (Fsp3) is 0.435. The van der Waals surface area contributed by atoms with Gasteiger partial charge < -0.3 is 10.2 Å². The van der Waals surface area contributed by atoms with E-state index in [2.05, 4.69) is 16.3 Å². The third kappa shape index (κ3) is 4.74. The molecule has 0 bridgehead atoms. The van der Waals surface area contributed by atoms with Crippen LogP contribution in [0.1, 0.15) is 45.6 Å². The molecule has 0 spiro atoms. The summed E-state index contributed by atoms with van der Waals surface area (Å²) >= 11 is 0. The first kappa shape index (κ1) is 22.5. The first-order chi connectivity index (χ1) is 14.1. The zero-order valence-corrected chi connectivity index (χ0v) is 19.2. The van der Waals surface area contributed by atoms with Gasteiger partial charge in [0.1, 0.15) is 0 Å². The number of amides is 1. The summed E-state index contributed by atoms with van der Waals surface area (Å²) in [7, 11) is -1.65. The van der Waals surface area contributed by atoms with Gasteiger partial charge in [-0.25, -0.2) is 8.42 Å². The van der Waals surface area contributed by atoms with Crippen molar-refractivity contribution in [3.05, 3.63) is 64.2 Å². The van der Waals surface area contributed by atoms with Crippen LogP contribution in [0.2, 0.25) is 0 Å². The summed E-state index contributed by atoms with van der Waals surface area (Å²) in [5.74, 6) is -0.280. The van der Waals surface area contributed by atoms with E-state index in [4.69, 9.17) is 0 Å². The van der Waals surface area contributed by atoms with E-state index < -0.39 is 10.0 Å². The van der Waals surface area contributed by atoms with Crippen LogP contribution >= 0.6 is 0 Å². The summed E-state index contributed by atoms with van der Waals surface area (Å²) in [5.41, 5.74) is 4.33. The van der Waals surface area contributed by atoms with E-state index in [0.717, 1.165) is 11.1 Å². The van der Waals surface area contributed by atoms with E-state index >= 15 is 0 Å². The standard InChI is InChI=1S/C23H31N3O3S/c1-16-6-9-21(18(3)14-16)19(4)24-23(27)20-8-7-17(2)22(15-20)30(28,29)26-12-10-25(5)11-13-26/h6-9,14-15,19H,10-13H2,1-5H3,(H,24,27). The molecule has 1 atom stereocenters. The Hall–Kier alpha value is -2.22. The van der Waals surface area contributed by atoms with Crippen LogP contribution in [0.5, 0.6) is 0 Å². The first-order valence-electron chi connectivity index (χ1n) is 10.3. The number of aryl methyl sites for hydroxylation is 3. The van der Waals surface area contributed by atoms with Crippen molar-refractivity contribution in [2.24, 2.45) is 0 Å². The van der Waals surface area contributed by atoms with Crippen LogP contribution < -0.4 is 5.32 Å². The third-order valence-electron chi connectivity index (χ3n) is 5.77. The van der Waals surface area contributed by atoms with Crippen molar-refractivity contribution in [3.8, 4) is 0 Å². The summed E-state index contributed by atoms with van der Waals surface area (Å²) in [5, 5.41) is 3.00. The number of likely N-dealkylation sites (N-methyl/N-ethyl adjacent to an activating group) is 1. The van der Waals surface area contributed by atoms with Gasteiger partial charge in [0.2, 0.25) is 10.0 Å². The van der Waals surface area contributed by atoms with E-state index in [9.17, 15) is 13.2 Å². The average Bonchev–Trinajstić information content (AvgIpc) is 2.68. The monoisotopic (exact) mass is 429 g/mol. The van der Waals surface area contributed by atoms with Crippen LogP contribution in [0.4, 0.5) is 0 Å². The Balaban J connectivity index is 1.82. The largest absolute Gasteiger partial charge is 0.346 e. The number of hydrogen-bond donors (Lipinski definition) is 1. The van der Waals surface area contributed by atoms with E-state index in [-0.39, 0.29) is 16.8 Å². The van der Waals surface area contributed by atoms with E-state index in [1.165, 1.54) is 15.9 Å². The van der Waals surface area contributed by atoms with Crippen molar-refractivity contribution in [1.29, 1.82) is 0 Å². The second-order valence-corrected chi connectivity index (χ2v) is 10.1. The molecule has 2 aromatic rings. The smallest absolute Gasteiger partial charge is 0.251 e. The van der Waals surface area contributed by atoms with Crippen molar-refractivity contribution in [2.75, 3.05) is 33.2 Å². The summed E-state index contributed by atoms with van der Waals surface area (Å²) < 4.78 is 27.9.